The topological polar surface area (TPSA) is 68.5 Å². The lowest BCUT2D eigenvalue weighted by Crippen LogP contribution is -2.48. The highest BCUT2D eigenvalue weighted by Gasteiger charge is 2.54. The van der Waals surface area contributed by atoms with E-state index in [1.165, 1.54) is 11.2 Å². The quantitative estimate of drug-likeness (QED) is 0.807. The molecular formula is C18H22ClN2O3S. The van der Waals surface area contributed by atoms with Gasteiger partial charge in [0.05, 0.1) is 17.0 Å². The number of rotatable bonds is 3. The van der Waals surface area contributed by atoms with Crippen molar-refractivity contribution in [2.24, 2.45) is 0 Å². The Morgan fingerprint density at radius 1 is 1.24 bits per heavy atom. The number of benzene rings is 1. The average molecular weight is 382 g/mol. The van der Waals surface area contributed by atoms with Gasteiger partial charge in [-0.1, -0.05) is 49.1 Å². The van der Waals surface area contributed by atoms with Gasteiger partial charge in [-0.2, -0.15) is 4.31 Å². The summed E-state index contributed by atoms with van der Waals surface area (Å²) in [4.78, 5) is 11.7. The molecule has 1 fully saturated rings. The van der Waals surface area contributed by atoms with Crippen molar-refractivity contribution in [3.8, 4) is 0 Å². The van der Waals surface area contributed by atoms with Gasteiger partial charge in [-0.25, -0.2) is 13.7 Å². The zero-order valence-corrected chi connectivity index (χ0v) is 16.0. The first-order chi connectivity index (χ1) is 11.8. The first-order valence-electron chi connectivity index (χ1n) is 8.46. The normalized spacial score (nSPS) is 22.4. The second-order valence-corrected chi connectivity index (χ2v) is 9.00. The van der Waals surface area contributed by atoms with Gasteiger partial charge in [0.15, 0.2) is 0 Å². The SMILES string of the molecule is CC(=O)[N]CC1=C(c2ccccc2Cl)S(=O)(=O)N(C)C12CCCCC2. The number of nitrogens with zero attached hydrogens (tertiary/aromatic N) is 2. The Hall–Kier alpha value is -1.37. The van der Waals surface area contributed by atoms with Crippen molar-refractivity contribution >= 4 is 32.4 Å². The fourth-order valence-corrected chi connectivity index (χ4v) is 6.37. The summed E-state index contributed by atoms with van der Waals surface area (Å²) in [6, 6.07) is 6.95. The van der Waals surface area contributed by atoms with Crippen LogP contribution in [0.2, 0.25) is 5.02 Å². The van der Waals surface area contributed by atoms with Crippen LogP contribution in [0.25, 0.3) is 4.91 Å². The van der Waals surface area contributed by atoms with Crippen molar-refractivity contribution < 1.29 is 13.2 Å². The molecule has 1 aliphatic carbocycles. The van der Waals surface area contributed by atoms with Crippen LogP contribution in [0.3, 0.4) is 0 Å². The Balaban J connectivity index is 2.25. The first kappa shape index (κ1) is 18.4. The summed E-state index contributed by atoms with van der Waals surface area (Å²) < 4.78 is 28.0. The van der Waals surface area contributed by atoms with Gasteiger partial charge in [0.2, 0.25) is 15.9 Å². The Morgan fingerprint density at radius 3 is 2.48 bits per heavy atom. The molecule has 0 unspecified atom stereocenters. The zero-order valence-electron chi connectivity index (χ0n) is 14.5. The molecule has 1 aliphatic heterocycles. The van der Waals surface area contributed by atoms with Gasteiger partial charge < -0.3 is 0 Å². The number of amides is 1. The summed E-state index contributed by atoms with van der Waals surface area (Å²) in [7, 11) is -2.05. The highest BCUT2D eigenvalue weighted by atomic mass is 35.5. The van der Waals surface area contributed by atoms with Crippen LogP contribution in [0.4, 0.5) is 0 Å². The molecule has 1 aromatic rings. The third-order valence-electron chi connectivity index (χ3n) is 5.32. The van der Waals surface area contributed by atoms with E-state index in [0.717, 1.165) is 32.1 Å². The van der Waals surface area contributed by atoms with Crippen molar-refractivity contribution in [3.05, 3.63) is 40.4 Å². The van der Waals surface area contributed by atoms with Crippen LogP contribution in [0.1, 0.15) is 44.6 Å². The monoisotopic (exact) mass is 381 g/mol. The van der Waals surface area contributed by atoms with Crippen LogP contribution in [0.15, 0.2) is 29.8 Å². The molecule has 0 bridgehead atoms. The number of sulfonamides is 1. The smallest absolute Gasteiger partial charge is 0.244 e. The van der Waals surface area contributed by atoms with Crippen LogP contribution in [-0.4, -0.2) is 37.8 Å². The molecule has 135 valence electrons. The van der Waals surface area contributed by atoms with E-state index in [2.05, 4.69) is 5.32 Å². The predicted molar refractivity (Wildman–Crippen MR) is 98.6 cm³/mol. The van der Waals surface area contributed by atoms with Crippen molar-refractivity contribution in [3.63, 3.8) is 0 Å². The minimum Gasteiger partial charge on any atom is -0.273 e. The molecule has 0 atom stereocenters. The van der Waals surface area contributed by atoms with E-state index in [4.69, 9.17) is 11.6 Å². The van der Waals surface area contributed by atoms with Gasteiger partial charge in [-0.3, -0.25) is 4.79 Å². The molecule has 5 nitrogen and oxygen atoms in total. The molecular weight excluding hydrogens is 360 g/mol. The van der Waals surface area contributed by atoms with E-state index in [1.54, 1.807) is 31.3 Å². The second-order valence-electron chi connectivity index (χ2n) is 6.69. The lowest BCUT2D eigenvalue weighted by atomic mass is 9.75. The largest absolute Gasteiger partial charge is 0.273 e. The highest BCUT2D eigenvalue weighted by molar-refractivity contribution is 7.98. The average Bonchev–Trinajstić information content (AvgIpc) is 2.73. The third kappa shape index (κ3) is 3.00. The number of hydrogen-bond donors (Lipinski definition) is 0. The van der Waals surface area contributed by atoms with E-state index < -0.39 is 15.6 Å². The minimum atomic E-state index is -3.69. The summed E-state index contributed by atoms with van der Waals surface area (Å²) in [6.07, 6.45) is 4.51. The summed E-state index contributed by atoms with van der Waals surface area (Å²) in [5.41, 5.74) is 0.607. The fourth-order valence-electron chi connectivity index (χ4n) is 4.03. The fraction of sp³-hybridized carbons (Fsp3) is 0.500. The Morgan fingerprint density at radius 2 is 1.88 bits per heavy atom. The minimum absolute atomic E-state index is 0.0967. The van der Waals surface area contributed by atoms with Crippen molar-refractivity contribution in [2.75, 3.05) is 13.6 Å². The number of hydrogen-bond acceptors (Lipinski definition) is 3. The Kier molecular flexibility index (Phi) is 4.97. The van der Waals surface area contributed by atoms with E-state index in [-0.39, 0.29) is 17.4 Å². The maximum absolute atomic E-state index is 13.3. The molecule has 1 heterocycles. The van der Waals surface area contributed by atoms with Crippen molar-refractivity contribution in [1.29, 1.82) is 0 Å². The molecule has 1 saturated carbocycles. The summed E-state index contributed by atoms with van der Waals surface area (Å²) in [5, 5.41) is 4.42. The summed E-state index contributed by atoms with van der Waals surface area (Å²) >= 11 is 6.32. The third-order valence-corrected chi connectivity index (χ3v) is 7.70. The predicted octanol–water partition coefficient (Wildman–Crippen LogP) is 3.18. The van der Waals surface area contributed by atoms with Crippen LogP contribution >= 0.6 is 11.6 Å². The van der Waals surface area contributed by atoms with E-state index in [0.29, 0.717) is 16.2 Å². The van der Waals surface area contributed by atoms with E-state index in [1.807, 2.05) is 0 Å². The molecule has 25 heavy (non-hydrogen) atoms. The van der Waals surface area contributed by atoms with Crippen molar-refractivity contribution in [2.45, 2.75) is 44.6 Å². The molecule has 3 rings (SSSR count). The maximum atomic E-state index is 13.3. The summed E-state index contributed by atoms with van der Waals surface area (Å²) in [6.45, 7) is 1.48. The number of likely N-dealkylation sites (N-methyl/N-ethyl adjacent to an activating group) is 1. The summed E-state index contributed by atoms with van der Waals surface area (Å²) in [5.74, 6) is -0.302. The molecule has 1 amide bonds. The number of halogens is 1. The van der Waals surface area contributed by atoms with Gasteiger partial charge >= 0.3 is 0 Å². The highest BCUT2D eigenvalue weighted by Crippen LogP contribution is 2.51. The second kappa shape index (κ2) is 6.74. The van der Waals surface area contributed by atoms with Gasteiger partial charge in [0, 0.05) is 24.6 Å². The van der Waals surface area contributed by atoms with Crippen LogP contribution in [-0.2, 0) is 14.8 Å². The number of carbonyl (C=O) groups is 1. The zero-order chi connectivity index (χ0) is 18.2. The van der Waals surface area contributed by atoms with Crippen LogP contribution in [0, 0.1) is 0 Å². The molecule has 2 aliphatic rings. The molecule has 7 heteroatoms. The van der Waals surface area contributed by atoms with Gasteiger partial charge in [0.1, 0.15) is 0 Å². The molecule has 1 spiro atoms. The molecule has 1 radical (unpaired) electrons. The Labute approximate surface area is 154 Å². The van der Waals surface area contributed by atoms with Gasteiger partial charge in [0.25, 0.3) is 0 Å². The lowest BCUT2D eigenvalue weighted by Gasteiger charge is -2.40. The number of carbonyl (C=O) groups excluding carboxylic acids is 1. The van der Waals surface area contributed by atoms with Gasteiger partial charge in [-0.05, 0) is 24.5 Å². The van der Waals surface area contributed by atoms with E-state index in [9.17, 15) is 13.2 Å². The Bertz CT molecular complexity index is 826. The molecule has 0 aromatic heterocycles. The van der Waals surface area contributed by atoms with Crippen molar-refractivity contribution in [1.82, 2.24) is 9.62 Å². The standard InChI is InChI=1S/C18H22ClN2O3S/c1-13(22)20-12-15-17(14-8-4-5-9-16(14)19)25(23,24)21(2)18(15)10-6-3-7-11-18/h4-5,8-9H,3,6-7,10-12H2,1-2H3. The van der Waals surface area contributed by atoms with E-state index >= 15 is 0 Å². The first-order valence-corrected chi connectivity index (χ1v) is 10.3. The van der Waals surface area contributed by atoms with Crippen LogP contribution < -0.4 is 5.32 Å². The van der Waals surface area contributed by atoms with Crippen LogP contribution in [0.5, 0.6) is 0 Å². The maximum Gasteiger partial charge on any atom is 0.244 e. The molecule has 0 saturated heterocycles. The lowest BCUT2D eigenvalue weighted by molar-refractivity contribution is -0.119. The molecule has 0 N–H and O–H groups in total. The molecule has 1 aromatic carbocycles. The van der Waals surface area contributed by atoms with Gasteiger partial charge in [-0.15, -0.1) is 0 Å².